The van der Waals surface area contributed by atoms with Crippen LogP contribution in [-0.4, -0.2) is 0 Å². The van der Waals surface area contributed by atoms with Crippen molar-refractivity contribution >= 4 is 38.6 Å². The molecule has 1 heteroatoms. The maximum atomic E-state index is 2.57. The zero-order chi connectivity index (χ0) is 50.4. The average Bonchev–Trinajstić information content (AvgIpc) is 3.80. The van der Waals surface area contributed by atoms with Crippen molar-refractivity contribution in [1.29, 1.82) is 0 Å². The third-order valence-corrected chi connectivity index (χ3v) is 15.7. The Hall–Kier alpha value is -9.82. The van der Waals surface area contributed by atoms with Crippen LogP contribution >= 0.6 is 0 Å². The lowest BCUT2D eigenvalue weighted by Gasteiger charge is -2.35. The maximum Gasteiger partial charge on any atom is 0.0714 e. The summed E-state index contributed by atoms with van der Waals surface area (Å²) in [6.45, 7) is 0. The van der Waals surface area contributed by atoms with Crippen molar-refractivity contribution in [2.45, 2.75) is 5.41 Å². The van der Waals surface area contributed by atoms with Gasteiger partial charge in [0.05, 0.1) is 11.1 Å². The van der Waals surface area contributed by atoms with Crippen LogP contribution in [0.3, 0.4) is 0 Å². The van der Waals surface area contributed by atoms with E-state index < -0.39 is 5.41 Å². The second kappa shape index (κ2) is 18.9. The molecule has 0 radical (unpaired) electrons. The number of fused-ring (bicyclic) bond motifs is 6. The summed E-state index contributed by atoms with van der Waals surface area (Å²) < 4.78 is 0. The summed E-state index contributed by atoms with van der Waals surface area (Å²) in [5.41, 5.74) is 21.9. The molecule has 0 heterocycles. The smallest absolute Gasteiger partial charge is 0.0714 e. The first-order valence-electron chi connectivity index (χ1n) is 26.3. The van der Waals surface area contributed by atoms with Gasteiger partial charge >= 0.3 is 0 Å². The number of hydrogen-bond acceptors (Lipinski definition) is 1. The molecule has 0 amide bonds. The summed E-state index contributed by atoms with van der Waals surface area (Å²) in [6, 6.07) is 114. The van der Waals surface area contributed by atoms with Gasteiger partial charge in [-0.15, -0.1) is 0 Å². The highest BCUT2D eigenvalue weighted by atomic mass is 15.1. The van der Waals surface area contributed by atoms with Gasteiger partial charge in [0.15, 0.2) is 0 Å². The van der Waals surface area contributed by atoms with Gasteiger partial charge in [0.2, 0.25) is 0 Å². The van der Waals surface area contributed by atoms with E-state index in [1.165, 1.54) is 99.4 Å². The van der Waals surface area contributed by atoms with E-state index in [4.69, 9.17) is 0 Å². The predicted octanol–water partition coefficient (Wildman–Crippen LogP) is 20.2. The number of rotatable bonds is 10. The molecule has 1 aliphatic carbocycles. The lowest BCUT2D eigenvalue weighted by atomic mass is 9.67. The second-order valence-corrected chi connectivity index (χ2v) is 19.9. The van der Waals surface area contributed by atoms with Crippen LogP contribution in [0, 0.1) is 0 Å². The van der Waals surface area contributed by atoms with Gasteiger partial charge in [0, 0.05) is 22.3 Å². The highest BCUT2D eigenvalue weighted by Gasteiger charge is 2.47. The molecule has 0 fully saturated rings. The fourth-order valence-corrected chi connectivity index (χ4v) is 12.4. The second-order valence-electron chi connectivity index (χ2n) is 19.9. The van der Waals surface area contributed by atoms with Gasteiger partial charge in [-0.05, 0) is 130 Å². The van der Waals surface area contributed by atoms with E-state index >= 15 is 0 Å². The molecule has 0 saturated heterocycles. The van der Waals surface area contributed by atoms with Crippen molar-refractivity contribution in [3.05, 3.63) is 332 Å². The van der Waals surface area contributed by atoms with Gasteiger partial charge in [-0.3, -0.25) is 0 Å². The number of nitrogens with zero attached hydrogens (tertiary/aromatic N) is 1. The van der Waals surface area contributed by atoms with Crippen LogP contribution in [0.2, 0.25) is 0 Å². The van der Waals surface area contributed by atoms with Crippen molar-refractivity contribution < 1.29 is 0 Å². The molecule has 0 atom stereocenters. The normalized spacial score (nSPS) is 12.3. The van der Waals surface area contributed by atoms with Crippen LogP contribution in [0.4, 0.5) is 17.1 Å². The summed E-state index contributed by atoms with van der Waals surface area (Å²) in [5.74, 6) is 0. The zero-order valence-electron chi connectivity index (χ0n) is 41.9. The Balaban J connectivity index is 1.10. The highest BCUT2D eigenvalue weighted by molar-refractivity contribution is 6.22. The quantitative estimate of drug-likeness (QED) is 0.123. The average molecular weight is 966 g/mol. The van der Waals surface area contributed by atoms with Gasteiger partial charge < -0.3 is 4.90 Å². The predicted molar refractivity (Wildman–Crippen MR) is 321 cm³/mol. The summed E-state index contributed by atoms with van der Waals surface area (Å²) in [5, 5.41) is 4.82. The molecular formula is C75H51N. The first kappa shape index (κ1) is 44.8. The van der Waals surface area contributed by atoms with Crippen molar-refractivity contribution in [1.82, 2.24) is 0 Å². The minimum absolute atomic E-state index is 0.660. The molecule has 0 saturated carbocycles. The Kier molecular flexibility index (Phi) is 11.2. The number of benzene rings is 13. The molecule has 13 aromatic rings. The Morgan fingerprint density at radius 3 is 1.20 bits per heavy atom. The van der Waals surface area contributed by atoms with E-state index in [9.17, 15) is 0 Å². The maximum absolute atomic E-state index is 2.57. The van der Waals surface area contributed by atoms with Crippen molar-refractivity contribution in [2.24, 2.45) is 0 Å². The Labute approximate surface area is 444 Å². The molecule has 0 N–H and O–H groups in total. The van der Waals surface area contributed by atoms with Crippen LogP contribution in [0.15, 0.2) is 309 Å². The van der Waals surface area contributed by atoms with E-state index in [1.54, 1.807) is 0 Å². The standard InChI is InChI=1S/C75H51N/c1-7-25-52(26-8-1)61-37-19-20-38-62(61)56-43-48-71-70(49-56)66-47-45-60(51-72(66)75(71,57-33-15-5-16-34-57)58-35-17-6-18-36-58)76(59-44-46-63(53-27-9-2-10-28-53)69(50-59)54-29-11-3-12-30-54)74-68-42-24-22-40-65(68)64-39-21-23-41-67(64)73(74)55-31-13-4-14-32-55/h1-51H. The van der Waals surface area contributed by atoms with Crippen LogP contribution in [-0.2, 0) is 5.41 Å². The molecule has 76 heavy (non-hydrogen) atoms. The van der Waals surface area contributed by atoms with Crippen molar-refractivity contribution in [3.63, 3.8) is 0 Å². The highest BCUT2D eigenvalue weighted by Crippen LogP contribution is 2.59. The topological polar surface area (TPSA) is 3.24 Å². The third-order valence-electron chi connectivity index (χ3n) is 15.7. The molecule has 0 bridgehead atoms. The van der Waals surface area contributed by atoms with E-state index in [0.29, 0.717) is 0 Å². The minimum Gasteiger partial charge on any atom is -0.309 e. The SMILES string of the molecule is c1ccc(-c2ccccc2-c2ccc3c(c2)-c2ccc(N(c4ccc(-c5ccccc5)c(-c5ccccc5)c4)c4c(-c5ccccc5)c5ccccc5c5ccccc45)cc2C3(c2ccccc2)c2ccccc2)cc1. The van der Waals surface area contributed by atoms with Crippen LogP contribution in [0.25, 0.3) is 88.3 Å². The van der Waals surface area contributed by atoms with E-state index in [0.717, 1.165) is 28.2 Å². The fraction of sp³-hybridized carbons (Fsp3) is 0.0133. The van der Waals surface area contributed by atoms with E-state index in [1.807, 2.05) is 0 Å². The van der Waals surface area contributed by atoms with Gasteiger partial charge in [-0.1, -0.05) is 279 Å². The summed E-state index contributed by atoms with van der Waals surface area (Å²) in [4.78, 5) is 2.57. The van der Waals surface area contributed by atoms with Crippen molar-refractivity contribution in [2.75, 3.05) is 4.90 Å². The van der Waals surface area contributed by atoms with E-state index in [-0.39, 0.29) is 0 Å². The largest absolute Gasteiger partial charge is 0.309 e. The molecule has 14 rings (SSSR count). The molecule has 0 spiro atoms. The third kappa shape index (κ3) is 7.39. The molecule has 1 aliphatic rings. The summed E-state index contributed by atoms with van der Waals surface area (Å²) in [7, 11) is 0. The van der Waals surface area contributed by atoms with Gasteiger partial charge in [0.25, 0.3) is 0 Å². The van der Waals surface area contributed by atoms with Gasteiger partial charge in [-0.25, -0.2) is 0 Å². The molecule has 0 unspecified atom stereocenters. The number of anilines is 3. The van der Waals surface area contributed by atoms with Crippen molar-refractivity contribution in [3.8, 4) is 66.8 Å². The number of hydrogen-bond donors (Lipinski definition) is 0. The molecule has 13 aromatic carbocycles. The molecule has 1 nitrogen and oxygen atoms in total. The van der Waals surface area contributed by atoms with E-state index in [2.05, 4.69) is 314 Å². The molecular weight excluding hydrogens is 915 g/mol. The minimum atomic E-state index is -0.660. The lowest BCUT2D eigenvalue weighted by Crippen LogP contribution is -2.28. The molecule has 0 aliphatic heterocycles. The zero-order valence-corrected chi connectivity index (χ0v) is 41.9. The van der Waals surface area contributed by atoms with Gasteiger partial charge in [0.1, 0.15) is 0 Å². The Morgan fingerprint density at radius 1 is 0.224 bits per heavy atom. The van der Waals surface area contributed by atoms with Crippen LogP contribution < -0.4 is 4.90 Å². The Bertz CT molecular complexity index is 4210. The van der Waals surface area contributed by atoms with Gasteiger partial charge in [-0.2, -0.15) is 0 Å². The molecule has 356 valence electrons. The summed E-state index contributed by atoms with van der Waals surface area (Å²) >= 11 is 0. The first-order chi connectivity index (χ1) is 37.7. The monoisotopic (exact) mass is 965 g/mol. The van der Waals surface area contributed by atoms with Crippen LogP contribution in [0.1, 0.15) is 22.3 Å². The van der Waals surface area contributed by atoms with Crippen LogP contribution in [0.5, 0.6) is 0 Å². The first-order valence-corrected chi connectivity index (χ1v) is 26.3. The Morgan fingerprint density at radius 2 is 0.632 bits per heavy atom. The fourth-order valence-electron chi connectivity index (χ4n) is 12.4. The molecule has 0 aromatic heterocycles. The summed E-state index contributed by atoms with van der Waals surface area (Å²) in [6.07, 6.45) is 0. The lowest BCUT2D eigenvalue weighted by molar-refractivity contribution is 0.768.